The smallest absolute Gasteiger partial charge is 0.272 e. The molecule has 0 atom stereocenters. The monoisotopic (exact) mass is 186 g/mol. The highest BCUT2D eigenvalue weighted by atomic mass is 16.6. The van der Waals surface area contributed by atoms with Gasteiger partial charge >= 0.3 is 0 Å². The van der Waals surface area contributed by atoms with Gasteiger partial charge in [0.15, 0.2) is 0 Å². The molecule has 0 amide bonds. The van der Waals surface area contributed by atoms with Crippen LogP contribution in [0.25, 0.3) is 0 Å². The van der Waals surface area contributed by atoms with Gasteiger partial charge in [0, 0.05) is 12.1 Å². The molecule has 0 aromatic heterocycles. The molecule has 4 nitrogen and oxygen atoms in total. The third-order valence-corrected chi connectivity index (χ3v) is 1.69. The Kier molecular flexibility index (Phi) is 2.41. The second kappa shape index (κ2) is 3.51. The van der Waals surface area contributed by atoms with Crippen LogP contribution in [0.2, 0.25) is 0 Å². The summed E-state index contributed by atoms with van der Waals surface area (Å²) in [4.78, 5) is 9.91. The lowest BCUT2D eigenvalue weighted by atomic mass is 10.1. The van der Waals surface area contributed by atoms with E-state index in [-0.39, 0.29) is 22.5 Å². The van der Waals surface area contributed by atoms with Crippen LogP contribution in [0.15, 0.2) is 12.1 Å². The number of nitrogen functional groups attached to an aromatic ring is 1. The molecule has 0 bridgehead atoms. The summed E-state index contributed by atoms with van der Waals surface area (Å²) in [7, 11) is 0. The Morgan fingerprint density at radius 2 is 1.71 bits per heavy atom. The highest BCUT2D eigenvalue weighted by molar-refractivity contribution is 5.68. The molecule has 0 radical (unpaired) electrons. The van der Waals surface area contributed by atoms with Gasteiger partial charge in [-0.3, -0.25) is 10.1 Å². The van der Waals surface area contributed by atoms with Crippen molar-refractivity contribution in [1.29, 1.82) is 0 Å². The zero-order chi connectivity index (χ0) is 10.7. The molecule has 1 rings (SSSR count). The maximum atomic E-state index is 10.5. The number of hydrogen-bond donors (Lipinski definition) is 1. The first-order valence-corrected chi connectivity index (χ1v) is 3.61. The number of nitrogens with two attached hydrogens (primary N) is 1. The second-order valence-electron chi connectivity index (χ2n) is 2.50. The first-order valence-electron chi connectivity index (χ1n) is 3.61. The number of anilines is 1. The van der Waals surface area contributed by atoms with E-state index < -0.39 is 4.92 Å². The third-order valence-electron chi connectivity index (χ3n) is 1.69. The molecule has 0 aliphatic rings. The van der Waals surface area contributed by atoms with E-state index in [1.807, 2.05) is 0 Å². The highest BCUT2D eigenvalue weighted by Crippen LogP contribution is 2.23. The lowest BCUT2D eigenvalue weighted by Crippen LogP contribution is -1.97. The summed E-state index contributed by atoms with van der Waals surface area (Å²) < 4.78 is 0. The molecule has 4 heteroatoms. The molecule has 1 aromatic carbocycles. The zero-order valence-corrected chi connectivity index (χ0v) is 7.15. The van der Waals surface area contributed by atoms with Gasteiger partial charge in [-0.1, -0.05) is 11.8 Å². The number of terminal acetylenes is 2. The standard InChI is InChI=1S/C10H6N2O2/c1-3-7-5-9(12(13)14)6-8(4-2)10(7)11/h1-2,5-6H,11H2. The Hall–Kier alpha value is -2.46. The van der Waals surface area contributed by atoms with Crippen molar-refractivity contribution in [3.05, 3.63) is 33.4 Å². The molecule has 0 heterocycles. The minimum absolute atomic E-state index is 0.153. The summed E-state index contributed by atoms with van der Waals surface area (Å²) in [5.41, 5.74) is 6.12. The van der Waals surface area contributed by atoms with Gasteiger partial charge in [-0.25, -0.2) is 0 Å². The van der Waals surface area contributed by atoms with Crippen LogP contribution < -0.4 is 5.73 Å². The van der Waals surface area contributed by atoms with Crippen LogP contribution in [0.1, 0.15) is 11.1 Å². The second-order valence-corrected chi connectivity index (χ2v) is 2.50. The molecule has 0 spiro atoms. The average Bonchev–Trinajstić information content (AvgIpc) is 2.17. The predicted octanol–water partition coefficient (Wildman–Crippen LogP) is 1.14. The lowest BCUT2D eigenvalue weighted by molar-refractivity contribution is -0.384. The number of rotatable bonds is 1. The first-order chi connectivity index (χ1) is 6.60. The molecule has 0 aliphatic carbocycles. The molecule has 14 heavy (non-hydrogen) atoms. The fourth-order valence-corrected chi connectivity index (χ4v) is 0.982. The molecule has 0 saturated carbocycles. The van der Waals surface area contributed by atoms with Crippen molar-refractivity contribution in [2.24, 2.45) is 0 Å². The maximum Gasteiger partial charge on any atom is 0.272 e. The van der Waals surface area contributed by atoms with Gasteiger partial charge in [0.1, 0.15) is 0 Å². The van der Waals surface area contributed by atoms with Gasteiger partial charge in [0.25, 0.3) is 5.69 Å². The van der Waals surface area contributed by atoms with Crippen LogP contribution in [0.5, 0.6) is 0 Å². The summed E-state index contributed by atoms with van der Waals surface area (Å²) >= 11 is 0. The Morgan fingerprint density at radius 3 is 2.00 bits per heavy atom. The number of nitro benzene ring substituents is 1. The van der Waals surface area contributed by atoms with Gasteiger partial charge < -0.3 is 5.73 Å². The molecule has 0 aliphatic heterocycles. The predicted molar refractivity (Wildman–Crippen MR) is 53.4 cm³/mol. The number of nitro groups is 1. The van der Waals surface area contributed by atoms with Crippen molar-refractivity contribution in [2.75, 3.05) is 5.73 Å². The maximum absolute atomic E-state index is 10.5. The fraction of sp³-hybridized carbons (Fsp3) is 0. The Bertz CT molecular complexity index is 443. The van der Waals surface area contributed by atoms with E-state index in [4.69, 9.17) is 18.6 Å². The van der Waals surface area contributed by atoms with Gasteiger partial charge in [-0.2, -0.15) is 0 Å². The van der Waals surface area contributed by atoms with E-state index >= 15 is 0 Å². The van der Waals surface area contributed by atoms with Crippen LogP contribution in [0.3, 0.4) is 0 Å². The number of hydrogen-bond acceptors (Lipinski definition) is 3. The Labute approximate surface area is 80.9 Å². The molecular weight excluding hydrogens is 180 g/mol. The van der Waals surface area contributed by atoms with Gasteiger partial charge in [0.2, 0.25) is 0 Å². The van der Waals surface area contributed by atoms with Crippen molar-refractivity contribution < 1.29 is 4.92 Å². The summed E-state index contributed by atoms with van der Waals surface area (Å²) in [5.74, 6) is 4.48. The summed E-state index contributed by atoms with van der Waals surface area (Å²) in [5, 5.41) is 10.5. The molecule has 0 unspecified atom stereocenters. The number of non-ortho nitro benzene ring substituents is 1. The van der Waals surface area contributed by atoms with Gasteiger partial charge in [-0.15, -0.1) is 12.8 Å². The van der Waals surface area contributed by atoms with E-state index in [9.17, 15) is 10.1 Å². The summed E-state index contributed by atoms with van der Waals surface area (Å²) in [6, 6.07) is 2.44. The molecule has 2 N–H and O–H groups in total. The Morgan fingerprint density at radius 1 is 1.29 bits per heavy atom. The minimum Gasteiger partial charge on any atom is -0.397 e. The van der Waals surface area contributed by atoms with E-state index in [1.54, 1.807) is 0 Å². The van der Waals surface area contributed by atoms with Gasteiger partial charge in [-0.05, 0) is 0 Å². The summed E-state index contributed by atoms with van der Waals surface area (Å²) in [6.07, 6.45) is 10.2. The van der Waals surface area contributed by atoms with Crippen molar-refractivity contribution in [3.8, 4) is 24.7 Å². The Balaban J connectivity index is 3.51. The quantitative estimate of drug-likeness (QED) is 0.309. The fourth-order valence-electron chi connectivity index (χ4n) is 0.982. The van der Waals surface area contributed by atoms with Crippen molar-refractivity contribution in [2.45, 2.75) is 0 Å². The van der Waals surface area contributed by atoms with Crippen molar-refractivity contribution in [1.82, 2.24) is 0 Å². The zero-order valence-electron chi connectivity index (χ0n) is 7.15. The molecular formula is C10H6N2O2. The van der Waals surface area contributed by atoms with E-state index in [1.165, 1.54) is 12.1 Å². The SMILES string of the molecule is C#Cc1cc([N+](=O)[O-])cc(C#C)c1N. The first kappa shape index (κ1) is 9.63. The van der Waals surface area contributed by atoms with E-state index in [0.29, 0.717) is 0 Å². The van der Waals surface area contributed by atoms with Crippen LogP contribution in [0, 0.1) is 34.8 Å². The lowest BCUT2D eigenvalue weighted by Gasteiger charge is -2.01. The molecule has 0 fully saturated rings. The molecule has 0 saturated heterocycles. The number of benzene rings is 1. The minimum atomic E-state index is -0.568. The van der Waals surface area contributed by atoms with Crippen LogP contribution in [-0.2, 0) is 0 Å². The van der Waals surface area contributed by atoms with Crippen molar-refractivity contribution in [3.63, 3.8) is 0 Å². The molecule has 68 valence electrons. The highest BCUT2D eigenvalue weighted by Gasteiger charge is 2.12. The van der Waals surface area contributed by atoms with Crippen LogP contribution >= 0.6 is 0 Å². The number of nitrogens with zero attached hydrogens (tertiary/aromatic N) is 1. The molecule has 1 aromatic rings. The average molecular weight is 186 g/mol. The topological polar surface area (TPSA) is 69.2 Å². The normalized spacial score (nSPS) is 8.71. The summed E-state index contributed by atoms with van der Waals surface area (Å²) in [6.45, 7) is 0. The third kappa shape index (κ3) is 1.50. The van der Waals surface area contributed by atoms with Crippen molar-refractivity contribution >= 4 is 11.4 Å². The van der Waals surface area contributed by atoms with E-state index in [2.05, 4.69) is 11.8 Å². The van der Waals surface area contributed by atoms with E-state index in [0.717, 1.165) is 0 Å². The van der Waals surface area contributed by atoms with Crippen LogP contribution in [-0.4, -0.2) is 4.92 Å². The van der Waals surface area contributed by atoms with Gasteiger partial charge in [0.05, 0.1) is 21.7 Å². The van der Waals surface area contributed by atoms with Crippen LogP contribution in [0.4, 0.5) is 11.4 Å². The largest absolute Gasteiger partial charge is 0.397 e.